The number of aromatic nitrogens is 2. The van der Waals surface area contributed by atoms with Gasteiger partial charge in [-0.3, -0.25) is 14.4 Å². The third-order valence-corrected chi connectivity index (χ3v) is 13.2. The van der Waals surface area contributed by atoms with Crippen molar-refractivity contribution in [3.8, 4) is 33.5 Å². The molecule has 13 heteroatoms. The first kappa shape index (κ1) is 43.3. The predicted octanol–water partition coefficient (Wildman–Crippen LogP) is 8.26. The molecule has 0 saturated carbocycles. The van der Waals surface area contributed by atoms with Crippen molar-refractivity contribution in [3.63, 3.8) is 0 Å². The lowest BCUT2D eigenvalue weighted by atomic mass is 9.84. The van der Waals surface area contributed by atoms with Gasteiger partial charge in [-0.25, -0.2) is 9.78 Å². The third-order valence-electron chi connectivity index (χ3n) is 13.2. The highest BCUT2D eigenvalue weighted by atomic mass is 16.5. The Morgan fingerprint density at radius 2 is 1.38 bits per heavy atom. The van der Waals surface area contributed by atoms with E-state index in [1.807, 2.05) is 57.0 Å². The Bertz CT molecular complexity index is 2420. The fourth-order valence-electron chi connectivity index (χ4n) is 9.96. The van der Waals surface area contributed by atoms with Crippen molar-refractivity contribution in [1.82, 2.24) is 30.4 Å². The van der Waals surface area contributed by atoms with Crippen LogP contribution in [0.5, 0.6) is 0 Å². The Kier molecular flexibility index (Phi) is 12.5. The average molecular weight is 854 g/mol. The van der Waals surface area contributed by atoms with Gasteiger partial charge in [0.2, 0.25) is 17.7 Å². The lowest BCUT2D eigenvalue weighted by Crippen LogP contribution is -2.53. The molecule has 3 aromatic carbocycles. The Morgan fingerprint density at radius 1 is 0.762 bits per heavy atom. The quantitative estimate of drug-likeness (QED) is 0.0730. The number of fused-ring (bicyclic) bond motifs is 5. The molecular formula is C50H59N7O6. The number of rotatable bonds is 14. The van der Waals surface area contributed by atoms with Crippen molar-refractivity contribution < 1.29 is 28.7 Å². The molecular weight excluding hydrogens is 795 g/mol. The molecule has 1 aromatic heterocycles. The second-order valence-corrected chi connectivity index (χ2v) is 17.9. The molecule has 3 heterocycles. The molecule has 2 aliphatic carbocycles. The number of methoxy groups -OCH3 is 2. The number of carbonyl (C=O) groups excluding carboxylic acids is 4. The number of hydrogen-bond donors (Lipinski definition) is 4. The number of carbonyl (C=O) groups is 4. The first-order valence-corrected chi connectivity index (χ1v) is 22.2. The van der Waals surface area contributed by atoms with Crippen molar-refractivity contribution in [1.29, 1.82) is 0 Å². The van der Waals surface area contributed by atoms with Crippen LogP contribution in [-0.4, -0.2) is 89.0 Å². The fraction of sp³-hybridized carbons (Fsp3) is 0.420. The number of likely N-dealkylation sites (tertiary alicyclic amines) is 2. The van der Waals surface area contributed by atoms with E-state index in [2.05, 4.69) is 82.1 Å². The van der Waals surface area contributed by atoms with Gasteiger partial charge in [-0.1, -0.05) is 88.4 Å². The predicted molar refractivity (Wildman–Crippen MR) is 243 cm³/mol. The van der Waals surface area contributed by atoms with Crippen LogP contribution < -0.4 is 16.0 Å². The molecule has 4 aromatic rings. The average Bonchev–Trinajstić information content (AvgIpc) is 4.15. The molecule has 63 heavy (non-hydrogen) atoms. The first-order chi connectivity index (χ1) is 30.4. The summed E-state index contributed by atoms with van der Waals surface area (Å²) in [5.74, 6) is 1.08. The molecule has 0 radical (unpaired) electrons. The molecule has 4 aliphatic rings. The number of anilines is 1. The number of nitrogens with zero attached hydrogens (tertiary/aromatic N) is 3. The zero-order valence-electron chi connectivity index (χ0n) is 37.1. The van der Waals surface area contributed by atoms with E-state index < -0.39 is 24.2 Å². The molecule has 8 rings (SSSR count). The van der Waals surface area contributed by atoms with Crippen molar-refractivity contribution in [3.05, 3.63) is 108 Å². The summed E-state index contributed by atoms with van der Waals surface area (Å²) in [6, 6.07) is 19.0. The monoisotopic (exact) mass is 853 g/mol. The van der Waals surface area contributed by atoms with Gasteiger partial charge in [-0.05, 0) is 102 Å². The highest BCUT2D eigenvalue weighted by Crippen LogP contribution is 2.55. The minimum atomic E-state index is -0.693. The number of imidazole rings is 1. The summed E-state index contributed by atoms with van der Waals surface area (Å²) in [6.45, 7) is 12.7. The van der Waals surface area contributed by atoms with Gasteiger partial charge in [-0.15, -0.1) is 0 Å². The van der Waals surface area contributed by atoms with Gasteiger partial charge in [-0.2, -0.15) is 0 Å². The van der Waals surface area contributed by atoms with Crippen LogP contribution in [0.3, 0.4) is 0 Å². The van der Waals surface area contributed by atoms with Crippen LogP contribution in [0.4, 0.5) is 10.5 Å². The van der Waals surface area contributed by atoms with Crippen molar-refractivity contribution in [2.45, 2.75) is 95.8 Å². The summed E-state index contributed by atoms with van der Waals surface area (Å²) in [7, 11) is 2.81. The lowest BCUT2D eigenvalue weighted by molar-refractivity contribution is -0.139. The second kappa shape index (κ2) is 18.2. The standard InChI is InChI=1S/C50H59N7O6/c1-28(2)44(52-30(5)62-6)48(59)57-24-10-14-41(57)47(58)53-36-12-8-11-33(26-36)38-22-21-37(42-34-19-20-35(25-34)43(38)42)31-15-17-32(18-16-31)39-27-51-46(54-39)40-13-9-23-56(40)49(60)45(29(3)4)55-50(61)63-7/h8,11-12,15-22,26-29,34-35,40-41,44-45,52H,5,9-10,13-14,23-25H2,1-4,6-7H3,(H,51,54)(H,53,58)(H,55,61)/t34?,35?,40-,41-,44-,45-/m0/s1. The number of benzene rings is 3. The van der Waals surface area contributed by atoms with Gasteiger partial charge in [0, 0.05) is 30.6 Å². The summed E-state index contributed by atoms with van der Waals surface area (Å²) < 4.78 is 9.98. The number of ether oxygens (including phenoxy) is 2. The molecule has 2 aliphatic heterocycles. The van der Waals surface area contributed by atoms with E-state index in [0.29, 0.717) is 42.9 Å². The number of alkyl carbamates (subject to hydrolysis) is 1. The van der Waals surface area contributed by atoms with Gasteiger partial charge >= 0.3 is 6.09 Å². The molecule has 330 valence electrons. The first-order valence-electron chi connectivity index (χ1n) is 22.2. The van der Waals surface area contributed by atoms with E-state index in [9.17, 15) is 19.2 Å². The van der Waals surface area contributed by atoms with Crippen LogP contribution in [0.15, 0.2) is 91.5 Å². The zero-order valence-corrected chi connectivity index (χ0v) is 37.1. The number of aromatic amines is 1. The Labute approximate surface area is 369 Å². The second-order valence-electron chi connectivity index (χ2n) is 17.9. The maximum atomic E-state index is 13.8. The molecule has 2 fully saturated rings. The highest BCUT2D eigenvalue weighted by Gasteiger charge is 2.40. The Morgan fingerprint density at radius 3 is 2.05 bits per heavy atom. The van der Waals surface area contributed by atoms with Crippen molar-refractivity contribution in [2.24, 2.45) is 11.8 Å². The number of amides is 4. The van der Waals surface area contributed by atoms with Gasteiger partial charge in [0.05, 0.1) is 32.2 Å². The number of allylic oxidation sites excluding steroid dienone is 2. The lowest BCUT2D eigenvalue weighted by Gasteiger charge is -2.31. The largest absolute Gasteiger partial charge is 0.483 e. The zero-order chi connectivity index (χ0) is 44.5. The summed E-state index contributed by atoms with van der Waals surface area (Å²) >= 11 is 0. The highest BCUT2D eigenvalue weighted by molar-refractivity contribution is 5.99. The maximum Gasteiger partial charge on any atom is 0.407 e. The number of H-pyrrole nitrogens is 1. The van der Waals surface area contributed by atoms with Crippen LogP contribution in [0.1, 0.15) is 94.6 Å². The minimum Gasteiger partial charge on any atom is -0.483 e. The van der Waals surface area contributed by atoms with Crippen molar-refractivity contribution >= 4 is 29.5 Å². The van der Waals surface area contributed by atoms with E-state index in [4.69, 9.17) is 14.5 Å². The van der Waals surface area contributed by atoms with Gasteiger partial charge < -0.3 is 40.2 Å². The van der Waals surface area contributed by atoms with E-state index in [-0.39, 0.29) is 35.6 Å². The maximum absolute atomic E-state index is 13.8. The van der Waals surface area contributed by atoms with Crippen LogP contribution >= 0.6 is 0 Å². The smallest absolute Gasteiger partial charge is 0.407 e. The molecule has 2 bridgehead atoms. The van der Waals surface area contributed by atoms with Crippen LogP contribution in [0.25, 0.3) is 33.5 Å². The van der Waals surface area contributed by atoms with E-state index in [1.54, 1.807) is 4.90 Å². The summed E-state index contributed by atoms with van der Waals surface area (Å²) in [5.41, 5.74) is 9.77. The number of hydrogen-bond acceptors (Lipinski definition) is 8. The molecule has 2 unspecified atom stereocenters. The van der Waals surface area contributed by atoms with Crippen molar-refractivity contribution in [2.75, 3.05) is 32.6 Å². The number of nitrogens with one attached hydrogen (secondary N) is 4. The van der Waals surface area contributed by atoms with Gasteiger partial charge in [0.15, 0.2) is 5.88 Å². The Balaban J connectivity index is 0.991. The molecule has 4 amide bonds. The molecule has 6 atom stereocenters. The Hall–Kier alpha value is -6.37. The normalized spacial score (nSPS) is 20.8. The fourth-order valence-corrected chi connectivity index (χ4v) is 9.96. The topological polar surface area (TPSA) is 158 Å². The molecule has 13 nitrogen and oxygen atoms in total. The van der Waals surface area contributed by atoms with E-state index in [0.717, 1.165) is 59.5 Å². The summed E-state index contributed by atoms with van der Waals surface area (Å²) in [6.07, 6.45) is 9.89. The summed E-state index contributed by atoms with van der Waals surface area (Å²) in [5, 5.41) is 8.95. The molecule has 4 N–H and O–H groups in total. The molecule has 0 spiro atoms. The van der Waals surface area contributed by atoms with Gasteiger partial charge in [0.25, 0.3) is 0 Å². The minimum absolute atomic E-state index is 0.0305. The van der Waals surface area contributed by atoms with Crippen LogP contribution in [0.2, 0.25) is 0 Å². The van der Waals surface area contributed by atoms with Crippen LogP contribution in [-0.2, 0) is 23.9 Å². The SMILES string of the molecule is C=C(N[C@H](C(=O)N1CCC[C@H]1C(=O)Nc1cccc(-c2ccc(-c3ccc(-c4cnc([C@@H]5CCCN5C(=O)[C@@H](NC(=O)OC)C(C)C)[nH]4)cc3)c3c2C2C=CC3C2)c1)C(C)C)OC. The third kappa shape index (κ3) is 8.57. The molecule has 2 saturated heterocycles. The van der Waals surface area contributed by atoms with Crippen LogP contribution in [0, 0.1) is 11.8 Å². The summed E-state index contributed by atoms with van der Waals surface area (Å²) in [4.78, 5) is 65.0. The van der Waals surface area contributed by atoms with Gasteiger partial charge in [0.1, 0.15) is 23.9 Å². The van der Waals surface area contributed by atoms with E-state index in [1.165, 1.54) is 30.9 Å². The van der Waals surface area contributed by atoms with E-state index >= 15 is 0 Å².